The van der Waals surface area contributed by atoms with E-state index in [2.05, 4.69) is 0 Å². The molecule has 1 atom stereocenters. The van der Waals surface area contributed by atoms with Gasteiger partial charge in [0.1, 0.15) is 17.4 Å². The predicted octanol–water partition coefficient (Wildman–Crippen LogP) is 3.93. The molecule has 0 radical (unpaired) electrons. The number of nitriles is 1. The van der Waals surface area contributed by atoms with Crippen molar-refractivity contribution in [3.05, 3.63) is 55.8 Å². The Bertz CT molecular complexity index is 1000. The summed E-state index contributed by atoms with van der Waals surface area (Å²) in [6.45, 7) is 8.19. The van der Waals surface area contributed by atoms with Crippen LogP contribution in [0.2, 0.25) is 5.02 Å². The van der Waals surface area contributed by atoms with Crippen molar-refractivity contribution in [1.29, 1.82) is 5.26 Å². The van der Waals surface area contributed by atoms with Crippen molar-refractivity contribution < 1.29 is 14.6 Å². The van der Waals surface area contributed by atoms with E-state index in [1.54, 1.807) is 39.0 Å². The van der Waals surface area contributed by atoms with Gasteiger partial charge in [-0.2, -0.15) is 5.26 Å². The molecule has 0 fully saturated rings. The highest BCUT2D eigenvalue weighted by Crippen LogP contribution is 2.27. The highest BCUT2D eigenvalue weighted by Gasteiger charge is 2.28. The van der Waals surface area contributed by atoms with Crippen LogP contribution in [0.5, 0.6) is 11.6 Å². The van der Waals surface area contributed by atoms with E-state index in [9.17, 15) is 20.0 Å². The summed E-state index contributed by atoms with van der Waals surface area (Å²) in [6, 6.07) is 6.42. The van der Waals surface area contributed by atoms with Gasteiger partial charge in [-0.25, -0.2) is 0 Å². The summed E-state index contributed by atoms with van der Waals surface area (Å²) in [5.74, 6) is -0.532. The lowest BCUT2D eigenvalue weighted by Gasteiger charge is -2.20. The zero-order chi connectivity index (χ0) is 20.5. The number of ether oxygens (including phenoxy) is 1. The molecular weight excluding hydrogens is 368 g/mol. The Hall–Kier alpha value is -2.78. The molecule has 0 saturated heterocycles. The number of benzene rings is 1. The van der Waals surface area contributed by atoms with Crippen LogP contribution in [-0.2, 0) is 0 Å². The molecule has 0 spiro atoms. The van der Waals surface area contributed by atoms with Crippen LogP contribution in [0.1, 0.15) is 53.9 Å². The number of carbonyl (C=O) groups excluding carboxylic acids is 1. The quantitative estimate of drug-likeness (QED) is 0.783. The van der Waals surface area contributed by atoms with E-state index >= 15 is 0 Å². The third kappa shape index (κ3) is 3.83. The van der Waals surface area contributed by atoms with E-state index in [1.807, 2.05) is 13.0 Å². The molecule has 0 aliphatic rings. The molecule has 142 valence electrons. The fourth-order valence-electron chi connectivity index (χ4n) is 2.85. The van der Waals surface area contributed by atoms with Crippen molar-refractivity contribution in [2.24, 2.45) is 0 Å². The zero-order valence-corrected chi connectivity index (χ0v) is 16.6. The molecule has 1 unspecified atom stereocenters. The van der Waals surface area contributed by atoms with Crippen molar-refractivity contribution in [1.82, 2.24) is 4.57 Å². The number of hydrogen-bond donors (Lipinski definition) is 1. The maximum absolute atomic E-state index is 13.0. The number of halogens is 1. The molecule has 1 N–H and O–H groups in total. The summed E-state index contributed by atoms with van der Waals surface area (Å²) in [5.41, 5.74) is 0.0657. The average Bonchev–Trinajstić information content (AvgIpc) is 2.58. The number of ketones is 1. The Morgan fingerprint density at radius 2 is 1.93 bits per heavy atom. The molecule has 2 rings (SSSR count). The lowest BCUT2D eigenvalue weighted by Crippen LogP contribution is -2.31. The molecule has 7 heteroatoms. The van der Waals surface area contributed by atoms with Crippen molar-refractivity contribution in [3.63, 3.8) is 0 Å². The van der Waals surface area contributed by atoms with Crippen LogP contribution in [0.3, 0.4) is 0 Å². The molecule has 1 heterocycles. The molecule has 0 saturated carbocycles. The second-order valence-corrected chi connectivity index (χ2v) is 7.02. The first kappa shape index (κ1) is 20.5. The summed E-state index contributed by atoms with van der Waals surface area (Å²) in [4.78, 5) is 25.4. The van der Waals surface area contributed by atoms with Crippen molar-refractivity contribution in [2.75, 3.05) is 0 Å². The van der Waals surface area contributed by atoms with Gasteiger partial charge in [0.15, 0.2) is 6.10 Å². The van der Waals surface area contributed by atoms with E-state index in [0.29, 0.717) is 10.8 Å². The number of aromatic nitrogens is 1. The third-order valence-corrected chi connectivity index (χ3v) is 4.74. The molecule has 0 aliphatic heterocycles. The summed E-state index contributed by atoms with van der Waals surface area (Å²) in [7, 11) is 0. The van der Waals surface area contributed by atoms with Gasteiger partial charge in [-0.15, -0.1) is 0 Å². The van der Waals surface area contributed by atoms with E-state index in [-0.39, 0.29) is 16.7 Å². The van der Waals surface area contributed by atoms with Crippen LogP contribution in [0.4, 0.5) is 0 Å². The first-order valence-corrected chi connectivity index (χ1v) is 8.83. The second-order valence-electron chi connectivity index (χ2n) is 6.61. The largest absolute Gasteiger partial charge is 0.494 e. The third-order valence-electron chi connectivity index (χ3n) is 4.32. The highest BCUT2D eigenvalue weighted by molar-refractivity contribution is 6.31. The highest BCUT2D eigenvalue weighted by atomic mass is 35.5. The number of carbonyl (C=O) groups is 1. The van der Waals surface area contributed by atoms with Crippen LogP contribution in [0.25, 0.3) is 0 Å². The van der Waals surface area contributed by atoms with Gasteiger partial charge in [0, 0.05) is 11.1 Å². The molecular formula is C20H21ClN2O4. The summed E-state index contributed by atoms with van der Waals surface area (Å²) in [5, 5.41) is 20.5. The maximum Gasteiger partial charge on any atom is 0.271 e. The lowest BCUT2D eigenvalue weighted by molar-refractivity contribution is 0.0812. The smallest absolute Gasteiger partial charge is 0.271 e. The zero-order valence-electron chi connectivity index (χ0n) is 15.8. The number of Topliss-reactive ketones (excluding diaryl/α,β-unsaturated/α-hetero) is 1. The van der Waals surface area contributed by atoms with Gasteiger partial charge in [0.05, 0.1) is 5.56 Å². The van der Waals surface area contributed by atoms with Crippen molar-refractivity contribution in [2.45, 2.75) is 46.8 Å². The van der Waals surface area contributed by atoms with Gasteiger partial charge in [0.25, 0.3) is 5.56 Å². The van der Waals surface area contributed by atoms with E-state index in [4.69, 9.17) is 16.3 Å². The van der Waals surface area contributed by atoms with Gasteiger partial charge >= 0.3 is 0 Å². The minimum atomic E-state index is -0.945. The average molecular weight is 389 g/mol. The standard InChI is InChI=1S/C20H21ClN2O4/c1-10(2)23-19(25)15(9-22)12(4)17(20(23)26)18(24)13(5)27-14-6-7-16(21)11(3)8-14/h6-8,10,13,26H,1-5H3. The van der Waals surface area contributed by atoms with Gasteiger partial charge in [0.2, 0.25) is 11.7 Å². The minimum Gasteiger partial charge on any atom is -0.494 e. The first-order valence-electron chi connectivity index (χ1n) is 8.45. The molecule has 1 aromatic heterocycles. The molecule has 0 amide bonds. The number of aryl methyl sites for hydroxylation is 1. The summed E-state index contributed by atoms with van der Waals surface area (Å²) < 4.78 is 6.73. The summed E-state index contributed by atoms with van der Waals surface area (Å²) in [6.07, 6.45) is -0.945. The number of pyridine rings is 1. The van der Waals surface area contributed by atoms with Gasteiger partial charge in [-0.05, 0) is 63.9 Å². The fraction of sp³-hybridized carbons (Fsp3) is 0.350. The topological polar surface area (TPSA) is 92.3 Å². The molecule has 0 aliphatic carbocycles. The Balaban J connectivity index is 2.51. The summed E-state index contributed by atoms with van der Waals surface area (Å²) >= 11 is 5.99. The second kappa shape index (κ2) is 7.85. The van der Waals surface area contributed by atoms with Gasteiger partial charge in [-0.3, -0.25) is 14.2 Å². The Morgan fingerprint density at radius 1 is 1.30 bits per heavy atom. The SMILES string of the molecule is Cc1cc(OC(C)C(=O)c2c(C)c(C#N)c(=O)n(C(C)C)c2O)ccc1Cl. The van der Waals surface area contributed by atoms with Crippen molar-refractivity contribution in [3.8, 4) is 17.7 Å². The Labute approximate surface area is 162 Å². The van der Waals surface area contributed by atoms with E-state index in [0.717, 1.165) is 10.1 Å². The molecule has 6 nitrogen and oxygen atoms in total. The monoisotopic (exact) mass is 388 g/mol. The van der Waals surface area contributed by atoms with Crippen LogP contribution >= 0.6 is 11.6 Å². The minimum absolute atomic E-state index is 0.0852. The van der Waals surface area contributed by atoms with E-state index < -0.39 is 29.4 Å². The van der Waals surface area contributed by atoms with Gasteiger partial charge < -0.3 is 9.84 Å². The first-order chi connectivity index (χ1) is 12.6. The van der Waals surface area contributed by atoms with Crippen molar-refractivity contribution >= 4 is 17.4 Å². The van der Waals surface area contributed by atoms with Crippen LogP contribution in [0, 0.1) is 25.2 Å². The lowest BCUT2D eigenvalue weighted by atomic mass is 9.98. The number of aromatic hydroxyl groups is 1. The number of nitrogens with zero attached hydrogens (tertiary/aromatic N) is 2. The van der Waals surface area contributed by atoms with Crippen LogP contribution in [0.15, 0.2) is 23.0 Å². The van der Waals surface area contributed by atoms with Gasteiger partial charge in [-0.1, -0.05) is 11.6 Å². The number of rotatable bonds is 5. The van der Waals surface area contributed by atoms with Crippen LogP contribution < -0.4 is 10.3 Å². The van der Waals surface area contributed by atoms with E-state index in [1.165, 1.54) is 6.92 Å². The fourth-order valence-corrected chi connectivity index (χ4v) is 2.96. The number of hydrogen-bond acceptors (Lipinski definition) is 5. The molecule has 1 aromatic carbocycles. The maximum atomic E-state index is 13.0. The Morgan fingerprint density at radius 3 is 2.44 bits per heavy atom. The predicted molar refractivity (Wildman–Crippen MR) is 103 cm³/mol. The molecule has 2 aromatic rings. The molecule has 0 bridgehead atoms. The normalized spacial score (nSPS) is 11.9. The molecule has 27 heavy (non-hydrogen) atoms. The Kier molecular flexibility index (Phi) is 5.97. The van der Waals surface area contributed by atoms with Crippen LogP contribution in [-0.4, -0.2) is 21.6 Å².